The molecule has 0 aliphatic carbocycles. The molecule has 1 rings (SSSR count). The molecule has 7 nitrogen and oxygen atoms in total. The van der Waals surface area contributed by atoms with Crippen LogP contribution in [-0.4, -0.2) is 65.1 Å². The van der Waals surface area contributed by atoms with E-state index < -0.39 is 37.3 Å². The molecule has 0 aromatic carbocycles. The lowest BCUT2D eigenvalue weighted by Gasteiger charge is -2.42. The van der Waals surface area contributed by atoms with Crippen molar-refractivity contribution in [3.63, 3.8) is 0 Å². The Hall–Kier alpha value is -0.730. The van der Waals surface area contributed by atoms with Crippen LogP contribution in [0.4, 0.5) is 0 Å². The van der Waals surface area contributed by atoms with Gasteiger partial charge in [0.2, 0.25) is 5.91 Å². The van der Waals surface area contributed by atoms with E-state index >= 15 is 0 Å². The number of carbonyl (C=O) groups is 1. The molecule has 1 amide bonds. The number of nitrogens with one attached hydrogen (secondary N) is 1. The number of unbranched alkanes of at least 4 members (excludes halogenated alkanes) is 3. The van der Waals surface area contributed by atoms with E-state index in [1.165, 1.54) is 19.8 Å². The topological polar surface area (TPSA) is 108 Å². The molecule has 142 valence electrons. The smallest absolute Gasteiger partial charge is 0.217 e. The fourth-order valence-corrected chi connectivity index (χ4v) is 2.82. The predicted molar refractivity (Wildman–Crippen MR) is 89.2 cm³/mol. The maximum Gasteiger partial charge on any atom is 0.217 e. The van der Waals surface area contributed by atoms with Gasteiger partial charge in [-0.05, 0) is 12.3 Å². The quantitative estimate of drug-likeness (QED) is 0.430. The minimum atomic E-state index is -1.28. The van der Waals surface area contributed by atoms with E-state index in [9.17, 15) is 20.1 Å². The first-order valence-corrected chi connectivity index (χ1v) is 8.88. The van der Waals surface area contributed by atoms with Crippen molar-refractivity contribution in [2.24, 2.45) is 5.92 Å². The van der Waals surface area contributed by atoms with Crippen molar-refractivity contribution < 1.29 is 29.6 Å². The number of amides is 1. The molecule has 0 aromatic rings. The largest absolute Gasteiger partial charge is 0.394 e. The summed E-state index contributed by atoms with van der Waals surface area (Å²) in [5, 5.41) is 31.8. The summed E-state index contributed by atoms with van der Waals surface area (Å²) >= 11 is 0. The summed E-state index contributed by atoms with van der Waals surface area (Å²) in [6, 6.07) is -0.860. The Morgan fingerprint density at radius 3 is 2.42 bits per heavy atom. The zero-order chi connectivity index (χ0) is 18.1. The molecule has 4 N–H and O–H groups in total. The van der Waals surface area contributed by atoms with Crippen LogP contribution in [-0.2, 0) is 14.3 Å². The highest BCUT2D eigenvalue weighted by Gasteiger charge is 2.45. The minimum Gasteiger partial charge on any atom is -0.394 e. The van der Waals surface area contributed by atoms with Gasteiger partial charge in [-0.1, -0.05) is 39.5 Å². The monoisotopic (exact) mass is 347 g/mol. The third kappa shape index (κ3) is 7.03. The van der Waals surface area contributed by atoms with Crippen LogP contribution in [0.1, 0.15) is 52.9 Å². The zero-order valence-electron chi connectivity index (χ0n) is 15.0. The van der Waals surface area contributed by atoms with E-state index in [0.717, 1.165) is 25.2 Å². The van der Waals surface area contributed by atoms with Crippen molar-refractivity contribution in [1.29, 1.82) is 0 Å². The maximum absolute atomic E-state index is 11.3. The van der Waals surface area contributed by atoms with Crippen LogP contribution in [0.25, 0.3) is 0 Å². The van der Waals surface area contributed by atoms with Crippen molar-refractivity contribution >= 4 is 5.91 Å². The van der Waals surface area contributed by atoms with Gasteiger partial charge in [0, 0.05) is 13.5 Å². The molecular weight excluding hydrogens is 314 g/mol. The van der Waals surface area contributed by atoms with Crippen molar-refractivity contribution in [1.82, 2.24) is 5.32 Å². The normalized spacial score (nSPS) is 30.5. The van der Waals surface area contributed by atoms with E-state index in [-0.39, 0.29) is 5.91 Å². The molecule has 1 aliphatic rings. The zero-order valence-corrected chi connectivity index (χ0v) is 15.0. The van der Waals surface area contributed by atoms with Crippen LogP contribution in [0.3, 0.4) is 0 Å². The molecule has 7 heteroatoms. The lowest BCUT2D eigenvalue weighted by Crippen LogP contribution is -2.64. The SMILES string of the molecule is CC(=O)N[C@H]1[C@H](OCCCCCCC(C)C)O[C@H](CO)[C@H](O)[C@@H]1O. The van der Waals surface area contributed by atoms with Gasteiger partial charge in [0.25, 0.3) is 0 Å². The summed E-state index contributed by atoms with van der Waals surface area (Å²) in [6.45, 7) is 5.75. The van der Waals surface area contributed by atoms with Gasteiger partial charge in [0.1, 0.15) is 24.4 Å². The number of ether oxygens (including phenoxy) is 2. The standard InChI is InChI=1S/C17H33NO6/c1-11(2)8-6-4-5-7-9-23-17-14(18-12(3)20)16(22)15(21)13(10-19)24-17/h11,13-17,19,21-22H,4-10H2,1-3H3,(H,18,20)/t13-,14-,15+,16-,17-/m1/s1. The summed E-state index contributed by atoms with van der Waals surface area (Å²) in [5.74, 6) is 0.373. The molecule has 0 saturated carbocycles. The molecule has 0 aromatic heterocycles. The van der Waals surface area contributed by atoms with Crippen molar-refractivity contribution in [3.05, 3.63) is 0 Å². The molecule has 24 heavy (non-hydrogen) atoms. The van der Waals surface area contributed by atoms with E-state index in [1.807, 2.05) is 0 Å². The lowest BCUT2D eigenvalue weighted by atomic mass is 9.97. The van der Waals surface area contributed by atoms with Gasteiger partial charge in [-0.2, -0.15) is 0 Å². The van der Waals surface area contributed by atoms with Crippen molar-refractivity contribution in [3.8, 4) is 0 Å². The molecule has 0 unspecified atom stereocenters. The maximum atomic E-state index is 11.3. The van der Waals surface area contributed by atoms with Crippen molar-refractivity contribution in [2.45, 2.75) is 83.5 Å². The Morgan fingerprint density at radius 1 is 1.17 bits per heavy atom. The van der Waals surface area contributed by atoms with Crippen LogP contribution >= 0.6 is 0 Å². The van der Waals surface area contributed by atoms with Crippen LogP contribution < -0.4 is 5.32 Å². The van der Waals surface area contributed by atoms with Crippen LogP contribution in [0.2, 0.25) is 0 Å². The molecule has 1 saturated heterocycles. The van der Waals surface area contributed by atoms with Gasteiger partial charge in [-0.25, -0.2) is 0 Å². The summed E-state index contributed by atoms with van der Waals surface area (Å²) in [6.07, 6.45) is 1.11. The minimum absolute atomic E-state index is 0.348. The molecular formula is C17H33NO6. The second kappa shape index (κ2) is 11.0. The van der Waals surface area contributed by atoms with E-state index in [0.29, 0.717) is 6.61 Å². The first-order valence-electron chi connectivity index (χ1n) is 8.88. The molecule has 1 fully saturated rings. The van der Waals surface area contributed by atoms with Gasteiger partial charge < -0.3 is 30.1 Å². The van der Waals surface area contributed by atoms with E-state index in [1.54, 1.807) is 0 Å². The lowest BCUT2D eigenvalue weighted by molar-refractivity contribution is -0.270. The van der Waals surface area contributed by atoms with E-state index in [4.69, 9.17) is 9.47 Å². The summed E-state index contributed by atoms with van der Waals surface area (Å²) < 4.78 is 11.1. The average Bonchev–Trinajstić information content (AvgIpc) is 2.52. The second-order valence-corrected chi connectivity index (χ2v) is 6.90. The molecule has 1 heterocycles. The third-order valence-corrected chi connectivity index (χ3v) is 4.21. The van der Waals surface area contributed by atoms with Crippen LogP contribution in [0.15, 0.2) is 0 Å². The number of aliphatic hydroxyl groups is 3. The fraction of sp³-hybridized carbons (Fsp3) is 0.941. The number of hydrogen-bond acceptors (Lipinski definition) is 6. The van der Waals surface area contributed by atoms with Crippen molar-refractivity contribution in [2.75, 3.05) is 13.2 Å². The predicted octanol–water partition coefficient (Wildman–Crippen LogP) is 0.553. The Balaban J connectivity index is 2.41. The first kappa shape index (κ1) is 21.3. The van der Waals surface area contributed by atoms with Gasteiger partial charge in [0.05, 0.1) is 6.61 Å². The Kier molecular flexibility index (Phi) is 9.76. The molecule has 5 atom stereocenters. The number of aliphatic hydroxyl groups excluding tert-OH is 3. The number of rotatable bonds is 10. The van der Waals surface area contributed by atoms with Crippen LogP contribution in [0.5, 0.6) is 0 Å². The number of carbonyl (C=O) groups excluding carboxylic acids is 1. The summed E-state index contributed by atoms with van der Waals surface area (Å²) in [4.78, 5) is 11.3. The fourth-order valence-electron chi connectivity index (χ4n) is 2.82. The Labute approximate surface area is 144 Å². The van der Waals surface area contributed by atoms with Crippen LogP contribution in [0, 0.1) is 5.92 Å². The highest BCUT2D eigenvalue weighted by atomic mass is 16.7. The average molecular weight is 347 g/mol. The molecule has 0 radical (unpaired) electrons. The Bertz CT molecular complexity index is 365. The van der Waals surface area contributed by atoms with Gasteiger partial charge in [-0.15, -0.1) is 0 Å². The molecule has 0 bridgehead atoms. The van der Waals surface area contributed by atoms with Gasteiger partial charge >= 0.3 is 0 Å². The second-order valence-electron chi connectivity index (χ2n) is 6.90. The highest BCUT2D eigenvalue weighted by Crippen LogP contribution is 2.22. The molecule has 0 spiro atoms. The number of hydrogen-bond donors (Lipinski definition) is 4. The van der Waals surface area contributed by atoms with Gasteiger partial charge in [-0.3, -0.25) is 4.79 Å². The first-order chi connectivity index (χ1) is 11.4. The van der Waals surface area contributed by atoms with Gasteiger partial charge in [0.15, 0.2) is 6.29 Å². The summed E-state index contributed by atoms with van der Waals surface area (Å²) in [7, 11) is 0. The Morgan fingerprint density at radius 2 is 1.83 bits per heavy atom. The van der Waals surface area contributed by atoms with E-state index in [2.05, 4.69) is 19.2 Å². The molecule has 1 aliphatic heterocycles. The third-order valence-electron chi connectivity index (χ3n) is 4.21. The summed E-state index contributed by atoms with van der Waals surface area (Å²) in [5.41, 5.74) is 0. The highest BCUT2D eigenvalue weighted by molar-refractivity contribution is 5.73.